The summed E-state index contributed by atoms with van der Waals surface area (Å²) in [5.41, 5.74) is 6.96. The van der Waals surface area contributed by atoms with Gasteiger partial charge in [-0.2, -0.15) is 0 Å². The zero-order valence-electron chi connectivity index (χ0n) is 22.0. The van der Waals surface area contributed by atoms with Gasteiger partial charge in [0.15, 0.2) is 0 Å². The first-order valence-electron chi connectivity index (χ1n) is 12.7. The van der Waals surface area contributed by atoms with E-state index in [4.69, 9.17) is 5.73 Å². The second-order valence-corrected chi connectivity index (χ2v) is 9.35. The summed E-state index contributed by atoms with van der Waals surface area (Å²) in [5.74, 6) is -2.92. The molecule has 0 aliphatic heterocycles. The summed E-state index contributed by atoms with van der Waals surface area (Å²) >= 11 is 0. The molecular weight excluding hydrogens is 496 g/mol. The molecule has 39 heavy (non-hydrogen) atoms. The van der Waals surface area contributed by atoms with E-state index in [1.165, 1.54) is 13.8 Å². The molecule has 0 aliphatic rings. The Bertz CT molecular complexity index is 1170. The lowest BCUT2D eigenvalue weighted by Gasteiger charge is -2.37. The van der Waals surface area contributed by atoms with Crippen LogP contribution in [0.25, 0.3) is 0 Å². The van der Waals surface area contributed by atoms with E-state index in [2.05, 4.69) is 16.0 Å². The van der Waals surface area contributed by atoms with Gasteiger partial charge in [0.25, 0.3) is 0 Å². The van der Waals surface area contributed by atoms with Crippen LogP contribution in [0.5, 0.6) is 0 Å². The summed E-state index contributed by atoms with van der Waals surface area (Å²) in [6, 6.07) is 25.5. The first-order valence-corrected chi connectivity index (χ1v) is 12.7. The van der Waals surface area contributed by atoms with Gasteiger partial charge in [0, 0.05) is 6.42 Å². The van der Waals surface area contributed by atoms with Crippen molar-refractivity contribution < 1.29 is 24.3 Å². The lowest BCUT2D eigenvalue weighted by Crippen LogP contribution is -2.53. The third kappa shape index (κ3) is 7.30. The van der Waals surface area contributed by atoms with Crippen molar-refractivity contribution >= 4 is 23.7 Å². The van der Waals surface area contributed by atoms with Crippen LogP contribution >= 0.6 is 0 Å². The summed E-state index contributed by atoms with van der Waals surface area (Å²) in [7, 11) is 0. The van der Waals surface area contributed by atoms with Crippen molar-refractivity contribution in [2.24, 2.45) is 5.73 Å². The third-order valence-electron chi connectivity index (χ3n) is 6.39. The van der Waals surface area contributed by atoms with Crippen LogP contribution in [-0.2, 0) is 24.7 Å². The number of hydrogen-bond acceptors (Lipinski definition) is 5. The third-order valence-corrected chi connectivity index (χ3v) is 6.39. The van der Waals surface area contributed by atoms with Crippen molar-refractivity contribution in [3.63, 3.8) is 0 Å². The average Bonchev–Trinajstić information content (AvgIpc) is 2.95. The van der Waals surface area contributed by atoms with Crippen LogP contribution in [0.15, 0.2) is 91.0 Å². The molecule has 3 rings (SSSR count). The van der Waals surface area contributed by atoms with Crippen LogP contribution in [0.1, 0.15) is 43.4 Å². The number of benzene rings is 3. The van der Waals surface area contributed by atoms with E-state index in [1.807, 2.05) is 91.0 Å². The van der Waals surface area contributed by atoms with Crippen molar-refractivity contribution in [2.75, 3.05) is 0 Å². The average molecular weight is 531 g/mol. The number of hydrogen-bond donors (Lipinski definition) is 5. The Morgan fingerprint density at radius 1 is 0.744 bits per heavy atom. The van der Waals surface area contributed by atoms with E-state index in [1.54, 1.807) is 0 Å². The summed E-state index contributed by atoms with van der Waals surface area (Å²) in [6.45, 7) is 2.90. The number of carboxylic acid groups (broad SMARTS) is 1. The van der Waals surface area contributed by atoms with Gasteiger partial charge in [-0.1, -0.05) is 91.0 Å². The number of aliphatic carboxylic acids is 1. The largest absolute Gasteiger partial charge is 0.480 e. The topological polar surface area (TPSA) is 151 Å². The molecule has 3 aromatic rings. The van der Waals surface area contributed by atoms with Crippen LogP contribution in [0.2, 0.25) is 0 Å². The highest BCUT2D eigenvalue weighted by Gasteiger charge is 2.38. The maximum atomic E-state index is 13.5. The van der Waals surface area contributed by atoms with Gasteiger partial charge in [-0.15, -0.1) is 0 Å². The second-order valence-electron chi connectivity index (χ2n) is 9.35. The molecule has 0 radical (unpaired) electrons. The Kier molecular flexibility index (Phi) is 9.94. The van der Waals surface area contributed by atoms with Gasteiger partial charge < -0.3 is 26.8 Å². The number of rotatable bonds is 12. The van der Waals surface area contributed by atoms with Crippen LogP contribution in [0.4, 0.5) is 0 Å². The quantitative estimate of drug-likeness (QED) is 0.227. The fourth-order valence-electron chi connectivity index (χ4n) is 4.29. The van der Waals surface area contributed by atoms with Gasteiger partial charge in [-0.05, 0) is 37.0 Å². The van der Waals surface area contributed by atoms with Gasteiger partial charge in [0.1, 0.15) is 17.6 Å². The number of carbonyl (C=O) groups excluding carboxylic acids is 3. The van der Waals surface area contributed by atoms with E-state index in [0.29, 0.717) is 0 Å². The molecule has 6 N–H and O–H groups in total. The standard InChI is InChI=1S/C30H34N4O5/c1-20(31)27(36)32-21(2)28(37)33-25(29(38)39)18-19-26(35)34-30(22-12-6-3-7-13-22,23-14-8-4-9-15-23)24-16-10-5-11-17-24/h3-17,20-21,25H,18-19,31H2,1-2H3,(H,32,36)(H,33,37)(H,34,35)(H,38,39)/t20-,21-,25-/m0/s1. The Hall–Kier alpha value is -4.50. The molecule has 0 unspecified atom stereocenters. The fourth-order valence-corrected chi connectivity index (χ4v) is 4.29. The summed E-state index contributed by atoms with van der Waals surface area (Å²) < 4.78 is 0. The van der Waals surface area contributed by atoms with Crippen LogP contribution < -0.4 is 21.7 Å². The summed E-state index contributed by atoms with van der Waals surface area (Å²) in [5, 5.41) is 17.7. The normalized spacial score (nSPS) is 13.4. The van der Waals surface area contributed by atoms with Crippen molar-refractivity contribution in [3.05, 3.63) is 108 Å². The zero-order chi connectivity index (χ0) is 28.4. The summed E-state index contributed by atoms with van der Waals surface area (Å²) in [6.07, 6.45) is -0.332. The molecule has 3 atom stereocenters. The molecule has 0 aromatic heterocycles. The number of carboxylic acids is 1. The molecule has 9 heteroatoms. The van der Waals surface area contributed by atoms with Crippen molar-refractivity contribution in [3.8, 4) is 0 Å². The highest BCUT2D eigenvalue weighted by molar-refractivity contribution is 5.91. The Labute approximate surface area is 227 Å². The van der Waals surface area contributed by atoms with Gasteiger partial charge in [-0.3, -0.25) is 14.4 Å². The number of carbonyl (C=O) groups is 4. The molecule has 204 valence electrons. The van der Waals surface area contributed by atoms with E-state index >= 15 is 0 Å². The van der Waals surface area contributed by atoms with Gasteiger partial charge in [0.2, 0.25) is 17.7 Å². The van der Waals surface area contributed by atoms with Crippen LogP contribution in [0, 0.1) is 0 Å². The van der Waals surface area contributed by atoms with Crippen molar-refractivity contribution in [1.82, 2.24) is 16.0 Å². The molecular formula is C30H34N4O5. The van der Waals surface area contributed by atoms with Gasteiger partial charge >= 0.3 is 5.97 Å². The zero-order valence-corrected chi connectivity index (χ0v) is 22.0. The molecule has 0 bridgehead atoms. The first-order chi connectivity index (χ1) is 18.6. The van der Waals surface area contributed by atoms with E-state index < -0.39 is 47.4 Å². The van der Waals surface area contributed by atoms with Gasteiger partial charge in [-0.25, -0.2) is 4.79 Å². The predicted octanol–water partition coefficient (Wildman–Crippen LogP) is 2.30. The monoisotopic (exact) mass is 530 g/mol. The highest BCUT2D eigenvalue weighted by Crippen LogP contribution is 2.36. The van der Waals surface area contributed by atoms with E-state index in [9.17, 15) is 24.3 Å². The molecule has 0 spiro atoms. The number of nitrogens with two attached hydrogens (primary N) is 1. The molecule has 0 saturated heterocycles. The Morgan fingerprint density at radius 2 is 1.18 bits per heavy atom. The SMILES string of the molecule is C[C@H](N)C(=O)N[C@@H](C)C(=O)N[C@@H](CCC(=O)NC(c1ccccc1)(c1ccccc1)c1ccccc1)C(=O)O. The second kappa shape index (κ2) is 13.3. The minimum absolute atomic E-state index is 0.157. The van der Waals surface area contributed by atoms with Gasteiger partial charge in [0.05, 0.1) is 6.04 Å². The van der Waals surface area contributed by atoms with Crippen molar-refractivity contribution in [1.29, 1.82) is 0 Å². The molecule has 0 heterocycles. The Balaban J connectivity index is 1.84. The van der Waals surface area contributed by atoms with Crippen LogP contribution in [0.3, 0.4) is 0 Å². The number of nitrogens with one attached hydrogen (secondary N) is 3. The molecule has 3 aromatic carbocycles. The minimum atomic E-state index is -1.34. The lowest BCUT2D eigenvalue weighted by atomic mass is 9.77. The van der Waals surface area contributed by atoms with Crippen LogP contribution in [-0.4, -0.2) is 46.9 Å². The minimum Gasteiger partial charge on any atom is -0.480 e. The maximum Gasteiger partial charge on any atom is 0.326 e. The molecule has 3 amide bonds. The highest BCUT2D eigenvalue weighted by atomic mass is 16.4. The lowest BCUT2D eigenvalue weighted by molar-refractivity contribution is -0.142. The molecule has 9 nitrogen and oxygen atoms in total. The number of amides is 3. The first kappa shape index (κ1) is 29.1. The molecule has 0 fully saturated rings. The van der Waals surface area contributed by atoms with Crippen molar-refractivity contribution in [2.45, 2.75) is 50.4 Å². The fraction of sp³-hybridized carbons (Fsp3) is 0.267. The molecule has 0 saturated carbocycles. The summed E-state index contributed by atoms with van der Waals surface area (Å²) in [4.78, 5) is 49.7. The smallest absolute Gasteiger partial charge is 0.326 e. The Morgan fingerprint density at radius 3 is 1.56 bits per heavy atom. The molecule has 0 aliphatic carbocycles. The maximum absolute atomic E-state index is 13.5. The van der Waals surface area contributed by atoms with E-state index in [-0.39, 0.29) is 12.8 Å². The van der Waals surface area contributed by atoms with E-state index in [0.717, 1.165) is 16.7 Å². The predicted molar refractivity (Wildman–Crippen MR) is 147 cm³/mol.